The third kappa shape index (κ3) is 5.64. The number of anilines is 1. The summed E-state index contributed by atoms with van der Waals surface area (Å²) in [6.45, 7) is 5.65. The lowest BCUT2D eigenvalue weighted by atomic mass is 10.2. The molecule has 0 fully saturated rings. The first kappa shape index (κ1) is 18.5. The van der Waals surface area contributed by atoms with Crippen LogP contribution in [-0.2, 0) is 16.1 Å². The Morgan fingerprint density at radius 3 is 2.32 bits per heavy atom. The van der Waals surface area contributed by atoms with Gasteiger partial charge in [0.1, 0.15) is 12.3 Å². The van der Waals surface area contributed by atoms with E-state index in [1.54, 1.807) is 12.1 Å². The third-order valence-electron chi connectivity index (χ3n) is 3.53. The molecule has 5 heteroatoms. The Kier molecular flexibility index (Phi) is 6.57. The summed E-state index contributed by atoms with van der Waals surface area (Å²) in [5.41, 5.74) is 1.60. The van der Waals surface area contributed by atoms with Gasteiger partial charge in [0.2, 0.25) is 11.8 Å². The van der Waals surface area contributed by atoms with E-state index in [4.69, 9.17) is 4.74 Å². The second-order valence-electron chi connectivity index (χ2n) is 6.00. The van der Waals surface area contributed by atoms with Crippen LogP contribution in [0.4, 0.5) is 5.69 Å². The quantitative estimate of drug-likeness (QED) is 0.842. The van der Waals surface area contributed by atoms with E-state index in [2.05, 4.69) is 5.32 Å². The predicted molar refractivity (Wildman–Crippen MR) is 98.5 cm³/mol. The molecule has 25 heavy (non-hydrogen) atoms. The zero-order chi connectivity index (χ0) is 18.2. The second kappa shape index (κ2) is 8.87. The van der Waals surface area contributed by atoms with E-state index in [0.717, 1.165) is 5.56 Å². The number of nitrogens with zero attached hydrogens (tertiary/aromatic N) is 1. The van der Waals surface area contributed by atoms with Gasteiger partial charge in [-0.2, -0.15) is 0 Å². The topological polar surface area (TPSA) is 58.6 Å². The minimum absolute atomic E-state index is 0.0261. The maximum atomic E-state index is 12.3. The lowest BCUT2D eigenvalue weighted by molar-refractivity contribution is -0.123. The van der Waals surface area contributed by atoms with Gasteiger partial charge < -0.3 is 10.1 Å². The molecule has 2 aromatic carbocycles. The molecule has 0 atom stereocenters. The molecule has 0 radical (unpaired) electrons. The van der Waals surface area contributed by atoms with Crippen LogP contribution in [0.25, 0.3) is 0 Å². The molecule has 0 unspecified atom stereocenters. The van der Waals surface area contributed by atoms with Crippen molar-refractivity contribution in [2.45, 2.75) is 33.4 Å². The van der Waals surface area contributed by atoms with Crippen LogP contribution in [0, 0.1) is 0 Å². The van der Waals surface area contributed by atoms with Gasteiger partial charge in [-0.25, -0.2) is 0 Å². The smallest absolute Gasteiger partial charge is 0.240 e. The molecule has 2 amide bonds. The van der Waals surface area contributed by atoms with Crippen molar-refractivity contribution in [3.05, 3.63) is 60.2 Å². The zero-order valence-electron chi connectivity index (χ0n) is 14.9. The molecule has 0 aliphatic rings. The number of amides is 2. The summed E-state index contributed by atoms with van der Waals surface area (Å²) >= 11 is 0. The molecule has 0 aliphatic heterocycles. The molecule has 0 aromatic heterocycles. The molecular formula is C20H24N2O3. The Bertz CT molecular complexity index is 714. The van der Waals surface area contributed by atoms with Crippen LogP contribution in [0.3, 0.4) is 0 Å². The molecule has 5 nitrogen and oxygen atoms in total. The van der Waals surface area contributed by atoms with Crippen molar-refractivity contribution < 1.29 is 14.3 Å². The average molecular weight is 340 g/mol. The van der Waals surface area contributed by atoms with Gasteiger partial charge in [-0.3, -0.25) is 14.5 Å². The van der Waals surface area contributed by atoms with Crippen LogP contribution in [0.1, 0.15) is 26.3 Å². The van der Waals surface area contributed by atoms with Gasteiger partial charge in [0.05, 0.1) is 11.8 Å². The Labute approximate surface area is 148 Å². The van der Waals surface area contributed by atoms with E-state index in [1.165, 1.54) is 11.8 Å². The second-order valence-corrected chi connectivity index (χ2v) is 6.00. The van der Waals surface area contributed by atoms with Gasteiger partial charge in [0.25, 0.3) is 0 Å². The SMILES string of the molecule is CC(=O)N(CC(=O)NCc1ccccc1)c1ccccc1OC(C)C. The third-order valence-corrected chi connectivity index (χ3v) is 3.53. The van der Waals surface area contributed by atoms with Crippen LogP contribution in [-0.4, -0.2) is 24.5 Å². The average Bonchev–Trinajstić information content (AvgIpc) is 2.59. The highest BCUT2D eigenvalue weighted by Gasteiger charge is 2.19. The number of para-hydroxylation sites is 2. The predicted octanol–water partition coefficient (Wildman–Crippen LogP) is 3.14. The van der Waals surface area contributed by atoms with E-state index in [0.29, 0.717) is 18.0 Å². The molecule has 0 aliphatic carbocycles. The molecule has 0 bridgehead atoms. The van der Waals surface area contributed by atoms with Crippen LogP contribution < -0.4 is 15.0 Å². The summed E-state index contributed by atoms with van der Waals surface area (Å²) in [6.07, 6.45) is -0.0261. The highest BCUT2D eigenvalue weighted by molar-refractivity contribution is 5.98. The summed E-state index contributed by atoms with van der Waals surface area (Å²) in [5, 5.41) is 2.84. The molecular weight excluding hydrogens is 316 g/mol. The summed E-state index contributed by atoms with van der Waals surface area (Å²) < 4.78 is 5.76. The normalized spacial score (nSPS) is 10.4. The Balaban J connectivity index is 2.08. The number of carbonyl (C=O) groups is 2. The van der Waals surface area contributed by atoms with E-state index in [-0.39, 0.29) is 24.5 Å². The number of rotatable bonds is 7. The number of hydrogen-bond acceptors (Lipinski definition) is 3. The maximum Gasteiger partial charge on any atom is 0.240 e. The molecule has 0 saturated carbocycles. The summed E-state index contributed by atoms with van der Waals surface area (Å²) in [5.74, 6) is 0.150. The molecule has 0 spiro atoms. The van der Waals surface area contributed by atoms with Crippen LogP contribution >= 0.6 is 0 Å². The van der Waals surface area contributed by atoms with Gasteiger partial charge in [-0.1, -0.05) is 42.5 Å². The summed E-state index contributed by atoms with van der Waals surface area (Å²) in [7, 11) is 0. The van der Waals surface area contributed by atoms with Crippen LogP contribution in [0.15, 0.2) is 54.6 Å². The first-order valence-corrected chi connectivity index (χ1v) is 8.31. The summed E-state index contributed by atoms with van der Waals surface area (Å²) in [4.78, 5) is 25.8. The minimum Gasteiger partial charge on any atom is -0.489 e. The Morgan fingerprint density at radius 1 is 1.04 bits per heavy atom. The standard InChI is InChI=1S/C20H24N2O3/c1-15(2)25-19-12-8-7-11-18(19)22(16(3)23)14-20(24)21-13-17-9-5-4-6-10-17/h4-12,15H,13-14H2,1-3H3,(H,21,24). The van der Waals surface area contributed by atoms with Crippen molar-refractivity contribution in [3.8, 4) is 5.75 Å². The van der Waals surface area contributed by atoms with Crippen molar-refractivity contribution in [2.75, 3.05) is 11.4 Å². The first-order chi connectivity index (χ1) is 12.0. The molecule has 132 valence electrons. The van der Waals surface area contributed by atoms with Gasteiger partial charge in [0.15, 0.2) is 0 Å². The highest BCUT2D eigenvalue weighted by atomic mass is 16.5. The van der Waals surface area contributed by atoms with Crippen molar-refractivity contribution in [1.82, 2.24) is 5.32 Å². The zero-order valence-corrected chi connectivity index (χ0v) is 14.9. The molecule has 2 aromatic rings. The number of ether oxygens (including phenoxy) is 1. The van der Waals surface area contributed by atoms with E-state index < -0.39 is 0 Å². The molecule has 1 N–H and O–H groups in total. The molecule has 0 saturated heterocycles. The highest BCUT2D eigenvalue weighted by Crippen LogP contribution is 2.29. The Morgan fingerprint density at radius 2 is 1.68 bits per heavy atom. The number of carbonyl (C=O) groups excluding carboxylic acids is 2. The van der Waals surface area contributed by atoms with Crippen LogP contribution in [0.2, 0.25) is 0 Å². The van der Waals surface area contributed by atoms with Gasteiger partial charge in [-0.15, -0.1) is 0 Å². The van der Waals surface area contributed by atoms with Crippen molar-refractivity contribution in [3.63, 3.8) is 0 Å². The van der Waals surface area contributed by atoms with Crippen LogP contribution in [0.5, 0.6) is 5.75 Å². The lowest BCUT2D eigenvalue weighted by Crippen LogP contribution is -2.39. The van der Waals surface area contributed by atoms with E-state index in [1.807, 2.05) is 56.3 Å². The van der Waals surface area contributed by atoms with Crippen molar-refractivity contribution in [2.24, 2.45) is 0 Å². The number of benzene rings is 2. The fourth-order valence-corrected chi connectivity index (χ4v) is 2.40. The fraction of sp³-hybridized carbons (Fsp3) is 0.300. The summed E-state index contributed by atoms with van der Waals surface area (Å²) in [6, 6.07) is 16.9. The van der Waals surface area contributed by atoms with Gasteiger partial charge in [-0.05, 0) is 31.5 Å². The van der Waals surface area contributed by atoms with Gasteiger partial charge >= 0.3 is 0 Å². The Hall–Kier alpha value is -2.82. The fourth-order valence-electron chi connectivity index (χ4n) is 2.40. The van der Waals surface area contributed by atoms with Crippen molar-refractivity contribution in [1.29, 1.82) is 0 Å². The van der Waals surface area contributed by atoms with Gasteiger partial charge in [0, 0.05) is 13.5 Å². The maximum absolute atomic E-state index is 12.3. The van der Waals surface area contributed by atoms with E-state index >= 15 is 0 Å². The first-order valence-electron chi connectivity index (χ1n) is 8.31. The molecule has 0 heterocycles. The van der Waals surface area contributed by atoms with E-state index in [9.17, 15) is 9.59 Å². The monoisotopic (exact) mass is 340 g/mol. The number of nitrogens with one attached hydrogen (secondary N) is 1. The molecule has 2 rings (SSSR count). The largest absolute Gasteiger partial charge is 0.489 e. The lowest BCUT2D eigenvalue weighted by Gasteiger charge is -2.24. The van der Waals surface area contributed by atoms with Crippen molar-refractivity contribution >= 4 is 17.5 Å². The minimum atomic E-state index is -0.224. The number of hydrogen-bond donors (Lipinski definition) is 1.